The van der Waals surface area contributed by atoms with Crippen LogP contribution in [0.4, 0.5) is 0 Å². The average Bonchev–Trinajstić information content (AvgIpc) is 2.38. The summed E-state index contributed by atoms with van der Waals surface area (Å²) in [5.74, 6) is 0.226. The molecule has 1 aliphatic heterocycles. The number of carbonyl (C=O) groups is 1. The lowest BCUT2D eigenvalue weighted by atomic mass is 9.78. The Kier molecular flexibility index (Phi) is 6.09. The molecule has 0 unspecified atom stereocenters. The lowest BCUT2D eigenvalue weighted by Crippen LogP contribution is -2.44. The van der Waals surface area contributed by atoms with Crippen LogP contribution in [0.15, 0.2) is 0 Å². The first-order chi connectivity index (χ1) is 8.50. The van der Waals surface area contributed by atoms with E-state index in [9.17, 15) is 4.79 Å². The normalized spacial score (nSPS) is 19.8. The summed E-state index contributed by atoms with van der Waals surface area (Å²) >= 11 is 0. The van der Waals surface area contributed by atoms with Crippen molar-refractivity contribution in [1.82, 2.24) is 9.80 Å². The third kappa shape index (κ3) is 4.58. The van der Waals surface area contributed by atoms with Crippen molar-refractivity contribution in [2.75, 3.05) is 39.8 Å². The zero-order chi connectivity index (χ0) is 13.6. The molecule has 2 N–H and O–H groups in total. The summed E-state index contributed by atoms with van der Waals surface area (Å²) in [6.07, 6.45) is 4.55. The molecular formula is C14H29N3O. The molecule has 0 aromatic rings. The van der Waals surface area contributed by atoms with Gasteiger partial charge in [-0.15, -0.1) is 0 Å². The fourth-order valence-electron chi connectivity index (χ4n) is 2.37. The fraction of sp³-hybridized carbons (Fsp3) is 0.929. The van der Waals surface area contributed by atoms with Gasteiger partial charge in [-0.3, -0.25) is 9.69 Å². The molecule has 0 aromatic carbocycles. The Hall–Kier alpha value is -0.610. The number of likely N-dealkylation sites (N-methyl/N-ethyl adjacent to an activating group) is 1. The first kappa shape index (κ1) is 15.4. The third-order valence-electron chi connectivity index (χ3n) is 4.40. The van der Waals surface area contributed by atoms with Crippen molar-refractivity contribution in [3.05, 3.63) is 0 Å². The Labute approximate surface area is 111 Å². The minimum atomic E-state index is 0.226. The van der Waals surface area contributed by atoms with Crippen LogP contribution in [0.25, 0.3) is 0 Å². The molecule has 0 saturated carbocycles. The number of nitrogens with zero attached hydrogens (tertiary/aromatic N) is 2. The van der Waals surface area contributed by atoms with Gasteiger partial charge in [-0.25, -0.2) is 0 Å². The van der Waals surface area contributed by atoms with Crippen molar-refractivity contribution in [2.24, 2.45) is 11.1 Å². The summed E-state index contributed by atoms with van der Waals surface area (Å²) in [6.45, 7) is 8.73. The van der Waals surface area contributed by atoms with Gasteiger partial charge in [-0.1, -0.05) is 20.3 Å². The number of nitrogens with two attached hydrogens (primary N) is 1. The fourth-order valence-corrected chi connectivity index (χ4v) is 2.37. The first-order valence-electron chi connectivity index (χ1n) is 7.17. The van der Waals surface area contributed by atoms with E-state index in [1.54, 1.807) is 4.90 Å². The predicted octanol–water partition coefficient (Wildman–Crippen LogP) is 1.31. The summed E-state index contributed by atoms with van der Waals surface area (Å²) in [4.78, 5) is 16.1. The van der Waals surface area contributed by atoms with Crippen LogP contribution in [-0.4, -0.2) is 55.5 Å². The van der Waals surface area contributed by atoms with Gasteiger partial charge in [0, 0.05) is 13.6 Å². The molecule has 1 rings (SSSR count). The molecule has 1 amide bonds. The first-order valence-corrected chi connectivity index (χ1v) is 7.17. The Balaban J connectivity index is 2.30. The van der Waals surface area contributed by atoms with Crippen molar-refractivity contribution in [2.45, 2.75) is 39.5 Å². The maximum atomic E-state index is 12.0. The van der Waals surface area contributed by atoms with E-state index in [1.165, 1.54) is 19.3 Å². The van der Waals surface area contributed by atoms with Crippen LogP contribution < -0.4 is 5.73 Å². The molecular weight excluding hydrogens is 226 g/mol. The number of rotatable bonds is 6. The van der Waals surface area contributed by atoms with Gasteiger partial charge in [0.15, 0.2) is 0 Å². The van der Waals surface area contributed by atoms with Gasteiger partial charge in [0.25, 0.3) is 0 Å². The highest BCUT2D eigenvalue weighted by Crippen LogP contribution is 2.33. The van der Waals surface area contributed by atoms with E-state index < -0.39 is 0 Å². The van der Waals surface area contributed by atoms with E-state index in [0.717, 1.165) is 26.1 Å². The molecule has 0 aliphatic carbocycles. The van der Waals surface area contributed by atoms with Crippen LogP contribution in [0, 0.1) is 5.41 Å². The number of hydrogen-bond acceptors (Lipinski definition) is 3. The summed E-state index contributed by atoms with van der Waals surface area (Å²) in [5, 5.41) is 0. The zero-order valence-corrected chi connectivity index (χ0v) is 12.2. The van der Waals surface area contributed by atoms with Gasteiger partial charge in [0.2, 0.25) is 5.91 Å². The molecule has 1 heterocycles. The number of carbonyl (C=O) groups excluding carboxylic acids is 1. The van der Waals surface area contributed by atoms with E-state index in [0.29, 0.717) is 18.5 Å². The Morgan fingerprint density at radius 3 is 2.50 bits per heavy atom. The summed E-state index contributed by atoms with van der Waals surface area (Å²) in [7, 11) is 1.87. The average molecular weight is 255 g/mol. The van der Waals surface area contributed by atoms with Crippen LogP contribution in [-0.2, 0) is 4.79 Å². The molecule has 0 bridgehead atoms. The minimum absolute atomic E-state index is 0.226. The van der Waals surface area contributed by atoms with Gasteiger partial charge in [0.1, 0.15) is 0 Å². The Morgan fingerprint density at radius 2 is 2.00 bits per heavy atom. The molecule has 0 spiro atoms. The minimum Gasteiger partial charge on any atom is -0.345 e. The lowest BCUT2D eigenvalue weighted by molar-refractivity contribution is -0.131. The van der Waals surface area contributed by atoms with Crippen LogP contribution >= 0.6 is 0 Å². The van der Waals surface area contributed by atoms with E-state index in [-0.39, 0.29) is 5.91 Å². The highest BCUT2D eigenvalue weighted by molar-refractivity contribution is 5.77. The van der Waals surface area contributed by atoms with Crippen molar-refractivity contribution < 1.29 is 4.79 Å². The highest BCUT2D eigenvalue weighted by Gasteiger charge is 2.29. The summed E-state index contributed by atoms with van der Waals surface area (Å²) in [6, 6.07) is 0. The van der Waals surface area contributed by atoms with Crippen LogP contribution in [0.3, 0.4) is 0 Å². The highest BCUT2D eigenvalue weighted by atomic mass is 16.2. The summed E-state index contributed by atoms with van der Waals surface area (Å²) in [5.41, 5.74) is 5.95. The van der Waals surface area contributed by atoms with Crippen LogP contribution in [0.1, 0.15) is 39.5 Å². The molecule has 106 valence electrons. The standard InChI is InChI=1S/C14H29N3O/c1-4-14(2)6-10-17(11-7-14)12-13(18)16(3)9-5-8-15/h4-12,15H2,1-3H3. The van der Waals surface area contributed by atoms with Gasteiger partial charge in [0.05, 0.1) is 6.54 Å². The maximum Gasteiger partial charge on any atom is 0.236 e. The molecule has 18 heavy (non-hydrogen) atoms. The molecule has 0 atom stereocenters. The topological polar surface area (TPSA) is 49.6 Å². The SMILES string of the molecule is CCC1(C)CCN(CC(=O)N(C)CCCN)CC1. The molecule has 1 fully saturated rings. The van der Waals surface area contributed by atoms with Crippen molar-refractivity contribution >= 4 is 5.91 Å². The monoisotopic (exact) mass is 255 g/mol. The maximum absolute atomic E-state index is 12.0. The quantitative estimate of drug-likeness (QED) is 0.778. The van der Waals surface area contributed by atoms with Crippen molar-refractivity contribution in [1.29, 1.82) is 0 Å². The molecule has 1 aliphatic rings. The van der Waals surface area contributed by atoms with Crippen LogP contribution in [0.2, 0.25) is 0 Å². The number of hydrogen-bond donors (Lipinski definition) is 1. The Morgan fingerprint density at radius 1 is 1.39 bits per heavy atom. The Bertz CT molecular complexity index is 260. The van der Waals surface area contributed by atoms with E-state index >= 15 is 0 Å². The van der Waals surface area contributed by atoms with Gasteiger partial charge >= 0.3 is 0 Å². The van der Waals surface area contributed by atoms with Crippen molar-refractivity contribution in [3.8, 4) is 0 Å². The number of piperidine rings is 1. The zero-order valence-electron chi connectivity index (χ0n) is 12.2. The second-order valence-corrected chi connectivity index (χ2v) is 5.90. The van der Waals surface area contributed by atoms with Gasteiger partial charge in [-0.05, 0) is 44.3 Å². The number of likely N-dealkylation sites (tertiary alicyclic amines) is 1. The molecule has 4 heteroatoms. The van der Waals surface area contributed by atoms with Gasteiger partial charge < -0.3 is 10.6 Å². The predicted molar refractivity (Wildman–Crippen MR) is 75.4 cm³/mol. The number of amides is 1. The second-order valence-electron chi connectivity index (χ2n) is 5.90. The third-order valence-corrected chi connectivity index (χ3v) is 4.40. The van der Waals surface area contributed by atoms with E-state index in [4.69, 9.17) is 5.73 Å². The van der Waals surface area contributed by atoms with E-state index in [1.807, 2.05) is 7.05 Å². The molecule has 0 aromatic heterocycles. The molecule has 4 nitrogen and oxygen atoms in total. The van der Waals surface area contributed by atoms with Gasteiger partial charge in [-0.2, -0.15) is 0 Å². The lowest BCUT2D eigenvalue weighted by Gasteiger charge is -2.39. The van der Waals surface area contributed by atoms with Crippen LogP contribution in [0.5, 0.6) is 0 Å². The van der Waals surface area contributed by atoms with E-state index in [2.05, 4.69) is 18.7 Å². The smallest absolute Gasteiger partial charge is 0.236 e. The second kappa shape index (κ2) is 7.10. The summed E-state index contributed by atoms with van der Waals surface area (Å²) < 4.78 is 0. The van der Waals surface area contributed by atoms with Crippen molar-refractivity contribution in [3.63, 3.8) is 0 Å². The molecule has 1 saturated heterocycles. The molecule has 0 radical (unpaired) electrons. The largest absolute Gasteiger partial charge is 0.345 e.